The molecule has 4 heteroatoms. The molecule has 19 heavy (non-hydrogen) atoms. The lowest BCUT2D eigenvalue weighted by Crippen LogP contribution is -2.35. The zero-order valence-corrected chi connectivity index (χ0v) is 12.0. The van der Waals surface area contributed by atoms with Crippen LogP contribution in [0.25, 0.3) is 0 Å². The van der Waals surface area contributed by atoms with Gasteiger partial charge >= 0.3 is 0 Å². The van der Waals surface area contributed by atoms with Crippen LogP contribution in [0.4, 0.5) is 0 Å². The maximum atomic E-state index is 12.5. The van der Waals surface area contributed by atoms with E-state index in [2.05, 4.69) is 11.4 Å². The summed E-state index contributed by atoms with van der Waals surface area (Å²) in [4.78, 5) is 15.8. The van der Waals surface area contributed by atoms with E-state index in [4.69, 9.17) is 11.6 Å². The molecule has 0 radical (unpaired) electrons. The first-order valence-corrected chi connectivity index (χ1v) is 7.69. The van der Waals surface area contributed by atoms with E-state index in [1.54, 1.807) is 11.3 Å². The van der Waals surface area contributed by atoms with Crippen molar-refractivity contribution >= 4 is 28.8 Å². The number of halogens is 1. The van der Waals surface area contributed by atoms with Crippen LogP contribution in [0.2, 0.25) is 0 Å². The molecule has 0 spiro atoms. The molecule has 2 heterocycles. The maximum Gasteiger partial charge on any atom is 0.254 e. The van der Waals surface area contributed by atoms with Gasteiger partial charge in [0, 0.05) is 29.4 Å². The molecule has 2 aromatic rings. The van der Waals surface area contributed by atoms with E-state index in [0.717, 1.165) is 30.6 Å². The third kappa shape index (κ3) is 2.53. The number of thiophene rings is 1. The van der Waals surface area contributed by atoms with Gasteiger partial charge in [-0.25, -0.2) is 0 Å². The van der Waals surface area contributed by atoms with Crippen LogP contribution in [-0.4, -0.2) is 17.4 Å². The number of hydrogen-bond acceptors (Lipinski definition) is 2. The van der Waals surface area contributed by atoms with E-state index in [1.807, 2.05) is 29.2 Å². The average molecular weight is 292 g/mol. The maximum absolute atomic E-state index is 12.5. The van der Waals surface area contributed by atoms with Gasteiger partial charge in [0.1, 0.15) is 0 Å². The molecular formula is C15H14ClNOS. The smallest absolute Gasteiger partial charge is 0.254 e. The van der Waals surface area contributed by atoms with Gasteiger partial charge in [-0.3, -0.25) is 4.79 Å². The zero-order valence-electron chi connectivity index (χ0n) is 10.4. The number of rotatable bonds is 2. The van der Waals surface area contributed by atoms with Gasteiger partial charge in [-0.2, -0.15) is 0 Å². The van der Waals surface area contributed by atoms with Crippen LogP contribution in [0, 0.1) is 0 Å². The van der Waals surface area contributed by atoms with E-state index >= 15 is 0 Å². The van der Waals surface area contributed by atoms with Gasteiger partial charge in [-0.15, -0.1) is 22.9 Å². The summed E-state index contributed by atoms with van der Waals surface area (Å²) in [7, 11) is 0. The van der Waals surface area contributed by atoms with Crippen LogP contribution in [-0.2, 0) is 18.8 Å². The van der Waals surface area contributed by atoms with Gasteiger partial charge < -0.3 is 4.90 Å². The summed E-state index contributed by atoms with van der Waals surface area (Å²) < 4.78 is 0. The molecule has 2 nitrogen and oxygen atoms in total. The summed E-state index contributed by atoms with van der Waals surface area (Å²) in [6.07, 6.45) is 0.966. The van der Waals surface area contributed by atoms with Crippen LogP contribution >= 0.6 is 22.9 Å². The van der Waals surface area contributed by atoms with Crippen molar-refractivity contribution < 1.29 is 4.79 Å². The van der Waals surface area contributed by atoms with Crippen molar-refractivity contribution in [2.24, 2.45) is 0 Å². The van der Waals surface area contributed by atoms with Gasteiger partial charge in [-0.1, -0.05) is 12.1 Å². The summed E-state index contributed by atoms with van der Waals surface area (Å²) in [5.74, 6) is 0.541. The molecule has 0 saturated carbocycles. The van der Waals surface area contributed by atoms with E-state index < -0.39 is 0 Å². The predicted octanol–water partition coefficient (Wildman–Crippen LogP) is 3.69. The Morgan fingerprint density at radius 1 is 1.37 bits per heavy atom. The topological polar surface area (TPSA) is 20.3 Å². The number of carbonyl (C=O) groups is 1. The van der Waals surface area contributed by atoms with Crippen molar-refractivity contribution in [3.63, 3.8) is 0 Å². The summed E-state index contributed by atoms with van der Waals surface area (Å²) in [5, 5.41) is 2.10. The van der Waals surface area contributed by atoms with E-state index in [-0.39, 0.29) is 5.91 Å². The van der Waals surface area contributed by atoms with Crippen LogP contribution in [0.5, 0.6) is 0 Å². The zero-order chi connectivity index (χ0) is 13.2. The normalized spacial score (nSPS) is 14.3. The fourth-order valence-corrected chi connectivity index (χ4v) is 3.45. The van der Waals surface area contributed by atoms with E-state index in [0.29, 0.717) is 5.88 Å². The highest BCUT2D eigenvalue weighted by molar-refractivity contribution is 7.10. The average Bonchev–Trinajstić information content (AvgIpc) is 2.94. The number of fused-ring (bicyclic) bond motifs is 1. The molecule has 1 aromatic carbocycles. The number of benzene rings is 1. The van der Waals surface area contributed by atoms with Crippen molar-refractivity contribution in [2.45, 2.75) is 18.8 Å². The lowest BCUT2D eigenvalue weighted by molar-refractivity contribution is 0.0736. The number of amides is 1. The number of nitrogens with zero attached hydrogens (tertiary/aromatic N) is 1. The second kappa shape index (κ2) is 5.35. The van der Waals surface area contributed by atoms with Crippen LogP contribution < -0.4 is 0 Å². The quantitative estimate of drug-likeness (QED) is 0.773. The molecule has 1 aromatic heterocycles. The molecule has 1 aliphatic rings. The molecule has 0 N–H and O–H groups in total. The Morgan fingerprint density at radius 3 is 3.11 bits per heavy atom. The van der Waals surface area contributed by atoms with Crippen LogP contribution in [0.1, 0.15) is 26.4 Å². The van der Waals surface area contributed by atoms with E-state index in [9.17, 15) is 4.79 Å². The molecule has 0 saturated heterocycles. The van der Waals surface area contributed by atoms with Gasteiger partial charge in [0.2, 0.25) is 0 Å². The fraction of sp³-hybridized carbons (Fsp3) is 0.267. The molecule has 0 fully saturated rings. The molecule has 1 amide bonds. The van der Waals surface area contributed by atoms with E-state index in [1.165, 1.54) is 10.4 Å². The molecular weight excluding hydrogens is 278 g/mol. The minimum Gasteiger partial charge on any atom is -0.334 e. The number of carbonyl (C=O) groups excluding carboxylic acids is 1. The largest absolute Gasteiger partial charge is 0.334 e. The summed E-state index contributed by atoms with van der Waals surface area (Å²) in [5.41, 5.74) is 3.01. The van der Waals surface area contributed by atoms with Gasteiger partial charge in [-0.05, 0) is 41.1 Å². The highest BCUT2D eigenvalue weighted by Crippen LogP contribution is 2.25. The minimum absolute atomic E-state index is 0.101. The predicted molar refractivity (Wildman–Crippen MR) is 78.8 cm³/mol. The molecule has 0 unspecified atom stereocenters. The summed E-state index contributed by atoms with van der Waals surface area (Å²) in [6, 6.07) is 9.70. The Morgan fingerprint density at radius 2 is 2.26 bits per heavy atom. The number of alkyl halides is 1. The van der Waals surface area contributed by atoms with Crippen LogP contribution in [0.15, 0.2) is 35.7 Å². The van der Waals surface area contributed by atoms with Gasteiger partial charge in [0.05, 0.1) is 0 Å². The van der Waals surface area contributed by atoms with Gasteiger partial charge in [0.15, 0.2) is 0 Å². The summed E-state index contributed by atoms with van der Waals surface area (Å²) in [6.45, 7) is 1.53. The first-order valence-electron chi connectivity index (χ1n) is 6.27. The SMILES string of the molecule is O=C(c1cccc(CCl)c1)N1CCc2sccc2C1. The van der Waals surface area contributed by atoms with Crippen molar-refractivity contribution in [3.8, 4) is 0 Å². The molecule has 0 bridgehead atoms. The minimum atomic E-state index is 0.101. The standard InChI is InChI=1S/C15H14ClNOS/c16-9-11-2-1-3-12(8-11)15(18)17-6-4-14-13(10-17)5-7-19-14/h1-3,5,7-8H,4,6,9-10H2. The van der Waals surface area contributed by atoms with Gasteiger partial charge in [0.25, 0.3) is 5.91 Å². The Bertz CT molecular complexity index is 608. The Hall–Kier alpha value is -1.32. The molecule has 0 aliphatic carbocycles. The lowest BCUT2D eigenvalue weighted by Gasteiger charge is -2.27. The molecule has 0 atom stereocenters. The third-order valence-electron chi connectivity index (χ3n) is 3.42. The lowest BCUT2D eigenvalue weighted by atomic mass is 10.1. The highest BCUT2D eigenvalue weighted by Gasteiger charge is 2.22. The van der Waals surface area contributed by atoms with Crippen molar-refractivity contribution in [1.82, 2.24) is 4.90 Å². The van der Waals surface area contributed by atoms with Crippen molar-refractivity contribution in [1.29, 1.82) is 0 Å². The second-order valence-electron chi connectivity index (χ2n) is 4.68. The Balaban J connectivity index is 1.81. The third-order valence-corrected chi connectivity index (χ3v) is 4.75. The first-order chi connectivity index (χ1) is 9.28. The highest BCUT2D eigenvalue weighted by atomic mass is 35.5. The summed E-state index contributed by atoms with van der Waals surface area (Å²) >= 11 is 7.60. The van der Waals surface area contributed by atoms with Crippen LogP contribution in [0.3, 0.4) is 0 Å². The van der Waals surface area contributed by atoms with Crippen molar-refractivity contribution in [2.75, 3.05) is 6.54 Å². The first kappa shape index (κ1) is 12.7. The Labute approximate surface area is 121 Å². The monoisotopic (exact) mass is 291 g/mol. The molecule has 1 aliphatic heterocycles. The second-order valence-corrected chi connectivity index (χ2v) is 5.95. The molecule has 98 valence electrons. The Kier molecular flexibility index (Phi) is 3.58. The van der Waals surface area contributed by atoms with Crippen molar-refractivity contribution in [3.05, 3.63) is 57.3 Å². The fourth-order valence-electron chi connectivity index (χ4n) is 2.39. The molecule has 3 rings (SSSR count). The number of hydrogen-bond donors (Lipinski definition) is 0.